The van der Waals surface area contributed by atoms with Gasteiger partial charge in [0, 0.05) is 12.8 Å². The zero-order valence-electron chi connectivity index (χ0n) is 10.5. The normalized spacial score (nSPS) is 19.0. The van der Waals surface area contributed by atoms with Gasteiger partial charge in [0.2, 0.25) is 0 Å². The van der Waals surface area contributed by atoms with Gasteiger partial charge in [-0.25, -0.2) is 0 Å². The molecule has 1 saturated heterocycles. The van der Waals surface area contributed by atoms with Gasteiger partial charge in [-0.1, -0.05) is 6.07 Å². The predicted molar refractivity (Wildman–Crippen MR) is 66.3 cm³/mol. The van der Waals surface area contributed by atoms with Gasteiger partial charge in [0.05, 0.1) is 19.3 Å². The van der Waals surface area contributed by atoms with E-state index in [9.17, 15) is 5.11 Å². The fraction of sp³-hybridized carbons (Fsp3) is 0.571. The van der Waals surface area contributed by atoms with E-state index in [4.69, 9.17) is 9.47 Å². The molecule has 1 aliphatic rings. The SMILES string of the molecule is Cc1cc([C@@H](C)O)ccc1OC1CCOCC1. The zero-order chi connectivity index (χ0) is 12.3. The molecule has 0 unspecified atom stereocenters. The Balaban J connectivity index is 2.05. The maximum absolute atomic E-state index is 9.50. The monoisotopic (exact) mass is 236 g/mol. The lowest BCUT2D eigenvalue weighted by Crippen LogP contribution is -2.26. The summed E-state index contributed by atoms with van der Waals surface area (Å²) >= 11 is 0. The summed E-state index contributed by atoms with van der Waals surface area (Å²) in [6.07, 6.45) is 1.75. The molecule has 1 N–H and O–H groups in total. The van der Waals surface area contributed by atoms with Crippen molar-refractivity contribution >= 4 is 0 Å². The first-order valence-corrected chi connectivity index (χ1v) is 6.20. The summed E-state index contributed by atoms with van der Waals surface area (Å²) in [6.45, 7) is 5.36. The van der Waals surface area contributed by atoms with Crippen molar-refractivity contribution in [2.24, 2.45) is 0 Å². The van der Waals surface area contributed by atoms with Crippen LogP contribution >= 0.6 is 0 Å². The first-order chi connectivity index (χ1) is 8.16. The maximum atomic E-state index is 9.50. The highest BCUT2D eigenvalue weighted by Crippen LogP contribution is 2.25. The highest BCUT2D eigenvalue weighted by atomic mass is 16.5. The number of aliphatic hydroxyl groups is 1. The Labute approximate surface area is 102 Å². The molecule has 0 aromatic heterocycles. The third kappa shape index (κ3) is 3.20. The first-order valence-electron chi connectivity index (χ1n) is 6.20. The van der Waals surface area contributed by atoms with E-state index in [0.717, 1.165) is 42.9 Å². The average Bonchev–Trinajstić information content (AvgIpc) is 2.33. The first kappa shape index (κ1) is 12.4. The molecule has 1 aliphatic heterocycles. The van der Waals surface area contributed by atoms with Gasteiger partial charge in [-0.05, 0) is 37.1 Å². The van der Waals surface area contributed by atoms with Gasteiger partial charge in [0.1, 0.15) is 11.9 Å². The number of benzene rings is 1. The topological polar surface area (TPSA) is 38.7 Å². The Morgan fingerprint density at radius 3 is 2.65 bits per heavy atom. The van der Waals surface area contributed by atoms with E-state index in [1.165, 1.54) is 0 Å². The summed E-state index contributed by atoms with van der Waals surface area (Å²) in [7, 11) is 0. The summed E-state index contributed by atoms with van der Waals surface area (Å²) in [4.78, 5) is 0. The van der Waals surface area contributed by atoms with Gasteiger partial charge in [-0.15, -0.1) is 0 Å². The minimum absolute atomic E-state index is 0.264. The molecular weight excluding hydrogens is 216 g/mol. The second kappa shape index (κ2) is 5.52. The Bertz CT molecular complexity index is 368. The maximum Gasteiger partial charge on any atom is 0.122 e. The molecule has 1 fully saturated rings. The highest BCUT2D eigenvalue weighted by Gasteiger charge is 2.16. The molecule has 94 valence electrons. The van der Waals surface area contributed by atoms with Crippen LogP contribution in [-0.2, 0) is 4.74 Å². The van der Waals surface area contributed by atoms with Crippen LogP contribution in [0.5, 0.6) is 5.75 Å². The third-order valence-corrected chi connectivity index (χ3v) is 3.14. The van der Waals surface area contributed by atoms with Crippen molar-refractivity contribution in [1.29, 1.82) is 0 Å². The number of hydrogen-bond donors (Lipinski definition) is 1. The van der Waals surface area contributed by atoms with Crippen molar-refractivity contribution in [3.8, 4) is 5.75 Å². The lowest BCUT2D eigenvalue weighted by atomic mass is 10.1. The summed E-state index contributed by atoms with van der Waals surface area (Å²) in [5, 5.41) is 9.50. The second-order valence-electron chi connectivity index (χ2n) is 4.63. The highest BCUT2D eigenvalue weighted by molar-refractivity contribution is 5.37. The molecule has 0 radical (unpaired) electrons. The lowest BCUT2D eigenvalue weighted by Gasteiger charge is -2.24. The van der Waals surface area contributed by atoms with Gasteiger partial charge < -0.3 is 14.6 Å². The molecule has 0 amide bonds. The quantitative estimate of drug-likeness (QED) is 0.876. The van der Waals surface area contributed by atoms with Crippen LogP contribution in [0.4, 0.5) is 0 Å². The smallest absolute Gasteiger partial charge is 0.122 e. The molecule has 0 bridgehead atoms. The van der Waals surface area contributed by atoms with Crippen molar-refractivity contribution < 1.29 is 14.6 Å². The van der Waals surface area contributed by atoms with E-state index in [1.807, 2.05) is 25.1 Å². The van der Waals surface area contributed by atoms with E-state index >= 15 is 0 Å². The Hall–Kier alpha value is -1.06. The van der Waals surface area contributed by atoms with Crippen LogP contribution in [0.15, 0.2) is 18.2 Å². The van der Waals surface area contributed by atoms with E-state index in [-0.39, 0.29) is 6.10 Å². The van der Waals surface area contributed by atoms with Crippen molar-refractivity contribution in [1.82, 2.24) is 0 Å². The standard InChI is InChI=1S/C14H20O3/c1-10-9-12(11(2)15)3-4-14(10)17-13-5-7-16-8-6-13/h3-4,9,11,13,15H,5-8H2,1-2H3/t11-/m1/s1. The van der Waals surface area contributed by atoms with Crippen LogP contribution < -0.4 is 4.74 Å². The number of ether oxygens (including phenoxy) is 2. The van der Waals surface area contributed by atoms with Gasteiger partial charge in [0.25, 0.3) is 0 Å². The molecule has 2 rings (SSSR count). The molecule has 1 atom stereocenters. The third-order valence-electron chi connectivity index (χ3n) is 3.14. The van der Waals surface area contributed by atoms with Crippen LogP contribution in [0.2, 0.25) is 0 Å². The van der Waals surface area contributed by atoms with E-state index in [1.54, 1.807) is 6.92 Å². The van der Waals surface area contributed by atoms with Crippen molar-refractivity contribution in [3.05, 3.63) is 29.3 Å². The second-order valence-corrected chi connectivity index (χ2v) is 4.63. The van der Waals surface area contributed by atoms with Gasteiger partial charge in [-0.2, -0.15) is 0 Å². The molecule has 17 heavy (non-hydrogen) atoms. The van der Waals surface area contributed by atoms with Crippen LogP contribution in [0, 0.1) is 6.92 Å². The summed E-state index contributed by atoms with van der Waals surface area (Å²) in [5.74, 6) is 0.918. The zero-order valence-corrected chi connectivity index (χ0v) is 10.5. The number of aryl methyl sites for hydroxylation is 1. The molecule has 0 saturated carbocycles. The molecule has 1 aromatic rings. The molecule has 1 heterocycles. The minimum atomic E-state index is -0.425. The molecule has 3 heteroatoms. The lowest BCUT2D eigenvalue weighted by molar-refractivity contribution is 0.0253. The van der Waals surface area contributed by atoms with Crippen molar-refractivity contribution in [2.45, 2.75) is 38.9 Å². The van der Waals surface area contributed by atoms with Gasteiger partial charge in [-0.3, -0.25) is 0 Å². The van der Waals surface area contributed by atoms with E-state index < -0.39 is 6.10 Å². The van der Waals surface area contributed by atoms with E-state index in [0.29, 0.717) is 0 Å². The fourth-order valence-corrected chi connectivity index (χ4v) is 2.04. The Morgan fingerprint density at radius 1 is 1.35 bits per heavy atom. The van der Waals surface area contributed by atoms with Crippen LogP contribution in [0.3, 0.4) is 0 Å². The summed E-state index contributed by atoms with van der Waals surface area (Å²) < 4.78 is 11.3. The molecular formula is C14H20O3. The summed E-state index contributed by atoms with van der Waals surface area (Å²) in [5.41, 5.74) is 2.01. The van der Waals surface area contributed by atoms with Crippen LogP contribution in [0.25, 0.3) is 0 Å². The Kier molecular flexibility index (Phi) is 4.02. The van der Waals surface area contributed by atoms with Crippen molar-refractivity contribution in [2.75, 3.05) is 13.2 Å². The Morgan fingerprint density at radius 2 is 2.06 bits per heavy atom. The minimum Gasteiger partial charge on any atom is -0.490 e. The molecule has 1 aromatic carbocycles. The fourth-order valence-electron chi connectivity index (χ4n) is 2.04. The largest absolute Gasteiger partial charge is 0.490 e. The van der Waals surface area contributed by atoms with E-state index in [2.05, 4.69) is 0 Å². The molecule has 3 nitrogen and oxygen atoms in total. The van der Waals surface area contributed by atoms with Gasteiger partial charge >= 0.3 is 0 Å². The van der Waals surface area contributed by atoms with Crippen LogP contribution in [0.1, 0.15) is 37.0 Å². The van der Waals surface area contributed by atoms with Crippen molar-refractivity contribution in [3.63, 3.8) is 0 Å². The van der Waals surface area contributed by atoms with Gasteiger partial charge in [0.15, 0.2) is 0 Å². The van der Waals surface area contributed by atoms with Crippen LogP contribution in [-0.4, -0.2) is 24.4 Å². The molecule has 0 spiro atoms. The number of rotatable bonds is 3. The number of hydrogen-bond acceptors (Lipinski definition) is 3. The number of aliphatic hydroxyl groups excluding tert-OH is 1. The average molecular weight is 236 g/mol. The summed E-state index contributed by atoms with van der Waals surface area (Å²) in [6, 6.07) is 5.86. The predicted octanol–water partition coefficient (Wildman–Crippen LogP) is 2.61. The molecule has 0 aliphatic carbocycles.